The molecule has 1 heteroatoms. The molecule has 1 aromatic carbocycles. The summed E-state index contributed by atoms with van der Waals surface area (Å²) < 4.78 is 0. The van der Waals surface area contributed by atoms with E-state index in [1.54, 1.807) is 5.56 Å². The zero-order chi connectivity index (χ0) is 11.7. The summed E-state index contributed by atoms with van der Waals surface area (Å²) in [5, 5.41) is 3.47. The first-order chi connectivity index (χ1) is 7.59. The molecular formula is C15H23N. The van der Waals surface area contributed by atoms with Crippen molar-refractivity contribution in [2.45, 2.75) is 46.0 Å². The van der Waals surface area contributed by atoms with E-state index in [4.69, 9.17) is 0 Å². The second-order valence-corrected chi connectivity index (χ2v) is 5.40. The van der Waals surface area contributed by atoms with Crippen LogP contribution in [0.25, 0.3) is 0 Å². The van der Waals surface area contributed by atoms with Crippen molar-refractivity contribution >= 4 is 0 Å². The highest BCUT2D eigenvalue weighted by Crippen LogP contribution is 2.30. The van der Waals surface area contributed by atoms with Gasteiger partial charge in [-0.25, -0.2) is 0 Å². The Balaban J connectivity index is 2.41. The van der Waals surface area contributed by atoms with Crippen molar-refractivity contribution in [3.05, 3.63) is 34.4 Å². The van der Waals surface area contributed by atoms with Crippen molar-refractivity contribution in [3.8, 4) is 0 Å². The fraction of sp³-hybridized carbons (Fsp3) is 0.600. The van der Waals surface area contributed by atoms with E-state index >= 15 is 0 Å². The predicted octanol–water partition coefficient (Wildman–Crippen LogP) is 3.50. The van der Waals surface area contributed by atoms with Crippen molar-refractivity contribution in [1.29, 1.82) is 0 Å². The molecule has 1 aromatic rings. The van der Waals surface area contributed by atoms with E-state index in [1.165, 1.54) is 29.7 Å². The van der Waals surface area contributed by atoms with Gasteiger partial charge in [0.05, 0.1) is 0 Å². The molecule has 0 bridgehead atoms. The third-order valence-corrected chi connectivity index (χ3v) is 3.90. The summed E-state index contributed by atoms with van der Waals surface area (Å²) in [5.74, 6) is 1.37. The first kappa shape index (κ1) is 11.7. The molecule has 1 aliphatic heterocycles. The highest BCUT2D eigenvalue weighted by Gasteiger charge is 2.20. The lowest BCUT2D eigenvalue weighted by Crippen LogP contribution is -2.09. The third kappa shape index (κ3) is 2.15. The Bertz CT molecular complexity index is 373. The van der Waals surface area contributed by atoms with Crippen LogP contribution in [-0.4, -0.2) is 13.1 Å². The van der Waals surface area contributed by atoms with E-state index in [9.17, 15) is 0 Å². The summed E-state index contributed by atoms with van der Waals surface area (Å²) in [4.78, 5) is 0. The van der Waals surface area contributed by atoms with Crippen LogP contribution in [0.1, 0.15) is 54.4 Å². The number of benzene rings is 1. The number of aryl methyl sites for hydroxylation is 1. The topological polar surface area (TPSA) is 12.0 Å². The summed E-state index contributed by atoms with van der Waals surface area (Å²) in [6.45, 7) is 11.4. The van der Waals surface area contributed by atoms with Crippen LogP contribution in [0.3, 0.4) is 0 Å². The van der Waals surface area contributed by atoms with Gasteiger partial charge in [-0.2, -0.15) is 0 Å². The molecule has 0 saturated carbocycles. The largest absolute Gasteiger partial charge is 0.316 e. The standard InChI is InChI=1S/C15H23N/c1-10(2)14-7-11(3)12(4)15(8-14)13-5-6-16-9-13/h7-8,10,13,16H,5-6,9H2,1-4H3. The van der Waals surface area contributed by atoms with E-state index in [-0.39, 0.29) is 0 Å². The van der Waals surface area contributed by atoms with E-state index in [2.05, 4.69) is 45.1 Å². The lowest BCUT2D eigenvalue weighted by Gasteiger charge is -2.18. The number of rotatable bonds is 2. The molecule has 1 aliphatic rings. The molecule has 1 atom stereocenters. The van der Waals surface area contributed by atoms with Crippen molar-refractivity contribution in [3.63, 3.8) is 0 Å². The molecule has 16 heavy (non-hydrogen) atoms. The van der Waals surface area contributed by atoms with Gasteiger partial charge < -0.3 is 5.32 Å². The quantitative estimate of drug-likeness (QED) is 0.799. The van der Waals surface area contributed by atoms with Gasteiger partial charge in [0, 0.05) is 6.54 Å². The smallest absolute Gasteiger partial charge is 0.00207 e. The monoisotopic (exact) mass is 217 g/mol. The Morgan fingerprint density at radius 3 is 2.56 bits per heavy atom. The summed E-state index contributed by atoms with van der Waals surface area (Å²) in [7, 11) is 0. The Morgan fingerprint density at radius 1 is 1.25 bits per heavy atom. The summed E-state index contributed by atoms with van der Waals surface area (Å²) in [6.07, 6.45) is 1.29. The van der Waals surface area contributed by atoms with Crippen LogP contribution in [0.2, 0.25) is 0 Å². The predicted molar refractivity (Wildman–Crippen MR) is 70.2 cm³/mol. The fourth-order valence-electron chi connectivity index (χ4n) is 2.59. The molecule has 0 radical (unpaired) electrons. The maximum Gasteiger partial charge on any atom is 0.00207 e. The van der Waals surface area contributed by atoms with Gasteiger partial charge in [-0.15, -0.1) is 0 Å². The molecular weight excluding hydrogens is 194 g/mol. The number of nitrogens with one attached hydrogen (secondary N) is 1. The lowest BCUT2D eigenvalue weighted by molar-refractivity contribution is 0.749. The minimum Gasteiger partial charge on any atom is -0.316 e. The van der Waals surface area contributed by atoms with Crippen molar-refractivity contribution < 1.29 is 0 Å². The van der Waals surface area contributed by atoms with Crippen LogP contribution in [0, 0.1) is 13.8 Å². The average Bonchev–Trinajstić information content (AvgIpc) is 2.74. The van der Waals surface area contributed by atoms with E-state index in [0.717, 1.165) is 12.5 Å². The molecule has 0 amide bonds. The van der Waals surface area contributed by atoms with Gasteiger partial charge in [-0.3, -0.25) is 0 Å². The zero-order valence-corrected chi connectivity index (χ0v) is 10.9. The molecule has 1 fully saturated rings. The SMILES string of the molecule is Cc1cc(C(C)C)cc(C2CCNC2)c1C. The number of hydrogen-bond donors (Lipinski definition) is 1. The van der Waals surface area contributed by atoms with Gasteiger partial charge in [0.25, 0.3) is 0 Å². The van der Waals surface area contributed by atoms with Crippen LogP contribution in [0.5, 0.6) is 0 Å². The fourth-order valence-corrected chi connectivity index (χ4v) is 2.59. The van der Waals surface area contributed by atoms with Gasteiger partial charge in [-0.05, 0) is 60.9 Å². The van der Waals surface area contributed by atoms with Gasteiger partial charge in [0.2, 0.25) is 0 Å². The van der Waals surface area contributed by atoms with Crippen LogP contribution in [0.4, 0.5) is 0 Å². The van der Waals surface area contributed by atoms with E-state index < -0.39 is 0 Å². The molecule has 0 aliphatic carbocycles. The van der Waals surface area contributed by atoms with E-state index in [0.29, 0.717) is 5.92 Å². The maximum absolute atomic E-state index is 3.47. The second kappa shape index (κ2) is 4.58. The van der Waals surface area contributed by atoms with Crippen LogP contribution >= 0.6 is 0 Å². The van der Waals surface area contributed by atoms with Crippen LogP contribution < -0.4 is 5.32 Å². The normalized spacial score (nSPS) is 20.7. The molecule has 1 N–H and O–H groups in total. The second-order valence-electron chi connectivity index (χ2n) is 5.40. The Morgan fingerprint density at radius 2 is 2.00 bits per heavy atom. The number of hydrogen-bond acceptors (Lipinski definition) is 1. The molecule has 1 nitrogen and oxygen atoms in total. The molecule has 1 unspecified atom stereocenters. The lowest BCUT2D eigenvalue weighted by atomic mass is 9.87. The minimum atomic E-state index is 0.632. The van der Waals surface area contributed by atoms with Crippen molar-refractivity contribution in [2.75, 3.05) is 13.1 Å². The summed E-state index contributed by atoms with van der Waals surface area (Å²) in [6, 6.07) is 4.79. The molecule has 1 saturated heterocycles. The van der Waals surface area contributed by atoms with Crippen molar-refractivity contribution in [1.82, 2.24) is 5.32 Å². The van der Waals surface area contributed by atoms with Crippen LogP contribution in [0.15, 0.2) is 12.1 Å². The first-order valence-electron chi connectivity index (χ1n) is 6.41. The Hall–Kier alpha value is -0.820. The molecule has 2 rings (SSSR count). The highest BCUT2D eigenvalue weighted by atomic mass is 14.9. The Kier molecular flexibility index (Phi) is 3.34. The summed E-state index contributed by atoms with van der Waals surface area (Å²) in [5.41, 5.74) is 6.02. The molecule has 0 spiro atoms. The molecule has 1 heterocycles. The third-order valence-electron chi connectivity index (χ3n) is 3.90. The zero-order valence-electron chi connectivity index (χ0n) is 10.9. The van der Waals surface area contributed by atoms with Gasteiger partial charge in [0.15, 0.2) is 0 Å². The van der Waals surface area contributed by atoms with Gasteiger partial charge >= 0.3 is 0 Å². The van der Waals surface area contributed by atoms with Crippen LogP contribution in [-0.2, 0) is 0 Å². The highest BCUT2D eigenvalue weighted by molar-refractivity contribution is 5.41. The minimum absolute atomic E-state index is 0.632. The summed E-state index contributed by atoms with van der Waals surface area (Å²) >= 11 is 0. The van der Waals surface area contributed by atoms with Crippen molar-refractivity contribution in [2.24, 2.45) is 0 Å². The molecule has 0 aromatic heterocycles. The first-order valence-corrected chi connectivity index (χ1v) is 6.41. The van der Waals surface area contributed by atoms with Gasteiger partial charge in [-0.1, -0.05) is 26.0 Å². The average molecular weight is 217 g/mol. The maximum atomic E-state index is 3.47. The Labute approximate surface area is 99.3 Å². The molecule has 88 valence electrons. The van der Waals surface area contributed by atoms with Gasteiger partial charge in [0.1, 0.15) is 0 Å². The van der Waals surface area contributed by atoms with E-state index in [1.807, 2.05) is 0 Å².